The van der Waals surface area contributed by atoms with E-state index in [0.29, 0.717) is 13.2 Å². The van der Waals surface area contributed by atoms with E-state index in [4.69, 9.17) is 4.74 Å². The molecule has 0 saturated carbocycles. The second-order valence-electron chi connectivity index (χ2n) is 5.41. The van der Waals surface area contributed by atoms with Gasteiger partial charge in [0, 0.05) is 24.8 Å². The van der Waals surface area contributed by atoms with E-state index in [1.165, 1.54) is 43.5 Å². The molecule has 0 aliphatic carbocycles. The maximum atomic E-state index is 13.0. The van der Waals surface area contributed by atoms with E-state index < -0.39 is 17.5 Å². The zero-order chi connectivity index (χ0) is 18.9. The number of benzene rings is 2. The normalized spacial score (nSPS) is 10.2. The van der Waals surface area contributed by atoms with Gasteiger partial charge >= 0.3 is 0 Å². The Bertz CT molecular complexity index is 790. The van der Waals surface area contributed by atoms with Crippen LogP contribution in [0.1, 0.15) is 26.3 Å². The van der Waals surface area contributed by atoms with E-state index in [9.17, 15) is 18.8 Å². The van der Waals surface area contributed by atoms with E-state index in [1.54, 1.807) is 12.1 Å². The number of halogens is 1. The third kappa shape index (κ3) is 5.22. The van der Waals surface area contributed by atoms with Crippen molar-refractivity contribution in [1.82, 2.24) is 10.6 Å². The summed E-state index contributed by atoms with van der Waals surface area (Å²) in [4.78, 5) is 36.6. The van der Waals surface area contributed by atoms with Gasteiger partial charge in [-0.25, -0.2) is 4.39 Å². The van der Waals surface area contributed by atoms with Crippen molar-refractivity contribution in [3.8, 4) is 0 Å². The summed E-state index contributed by atoms with van der Waals surface area (Å²) in [5, 5.41) is 5.06. The summed E-state index contributed by atoms with van der Waals surface area (Å²) in [7, 11) is 1.52. The van der Waals surface area contributed by atoms with E-state index in [-0.39, 0.29) is 29.1 Å². The minimum absolute atomic E-state index is 0.145. The van der Waals surface area contributed by atoms with Crippen LogP contribution in [-0.2, 0) is 9.53 Å². The van der Waals surface area contributed by atoms with Crippen LogP contribution in [0.5, 0.6) is 0 Å². The summed E-state index contributed by atoms with van der Waals surface area (Å²) in [5.74, 6) is -1.76. The Hall–Kier alpha value is -3.06. The molecular formula is C19H19FN2O4. The number of methoxy groups -OCH3 is 1. The molecule has 0 aromatic heterocycles. The fourth-order valence-corrected chi connectivity index (χ4v) is 2.25. The summed E-state index contributed by atoms with van der Waals surface area (Å²) in [5.41, 5.74) is 0.590. The molecule has 2 N–H and O–H groups in total. The zero-order valence-corrected chi connectivity index (χ0v) is 14.3. The highest BCUT2D eigenvalue weighted by atomic mass is 19.1. The van der Waals surface area contributed by atoms with Crippen molar-refractivity contribution in [1.29, 1.82) is 0 Å². The molecule has 0 saturated heterocycles. The van der Waals surface area contributed by atoms with Gasteiger partial charge in [-0.05, 0) is 30.3 Å². The molecule has 0 atom stereocenters. The fourth-order valence-electron chi connectivity index (χ4n) is 2.25. The number of carbonyl (C=O) groups excluding carboxylic acids is 3. The molecule has 0 aliphatic heterocycles. The monoisotopic (exact) mass is 358 g/mol. The third-order valence-electron chi connectivity index (χ3n) is 3.56. The molecule has 0 bridgehead atoms. The minimum Gasteiger partial charge on any atom is -0.383 e. The predicted molar refractivity (Wildman–Crippen MR) is 93.5 cm³/mol. The average Bonchev–Trinajstić information content (AvgIpc) is 2.66. The fraction of sp³-hybridized carbons (Fsp3) is 0.211. The lowest BCUT2D eigenvalue weighted by Gasteiger charge is -2.10. The second kappa shape index (κ2) is 9.43. The molecule has 0 aliphatic rings. The highest BCUT2D eigenvalue weighted by Crippen LogP contribution is 2.15. The molecule has 0 unspecified atom stereocenters. The van der Waals surface area contributed by atoms with E-state index in [2.05, 4.69) is 10.6 Å². The van der Waals surface area contributed by atoms with E-state index in [1.807, 2.05) is 0 Å². The Morgan fingerprint density at radius 2 is 1.62 bits per heavy atom. The van der Waals surface area contributed by atoms with Gasteiger partial charge in [0.2, 0.25) is 5.91 Å². The van der Waals surface area contributed by atoms with Crippen molar-refractivity contribution in [2.75, 3.05) is 26.8 Å². The number of carbonyl (C=O) groups is 3. The topological polar surface area (TPSA) is 84.5 Å². The molecule has 2 rings (SSSR count). The van der Waals surface area contributed by atoms with Crippen LogP contribution < -0.4 is 10.6 Å². The number of hydrogen-bond acceptors (Lipinski definition) is 4. The first-order valence-electron chi connectivity index (χ1n) is 7.96. The summed E-state index contributed by atoms with van der Waals surface area (Å²) in [6.07, 6.45) is 0. The first-order valence-corrected chi connectivity index (χ1v) is 7.96. The van der Waals surface area contributed by atoms with E-state index >= 15 is 0 Å². The van der Waals surface area contributed by atoms with Crippen LogP contribution in [-0.4, -0.2) is 44.4 Å². The maximum absolute atomic E-state index is 13.0. The molecule has 2 aromatic carbocycles. The summed E-state index contributed by atoms with van der Waals surface area (Å²) in [6.45, 7) is 0.487. The van der Waals surface area contributed by atoms with Gasteiger partial charge in [-0.15, -0.1) is 0 Å². The van der Waals surface area contributed by atoms with Gasteiger partial charge in [-0.1, -0.05) is 18.2 Å². The maximum Gasteiger partial charge on any atom is 0.252 e. The average molecular weight is 358 g/mol. The molecule has 2 aromatic rings. The standard InChI is InChI=1S/C19H19FN2O4/c1-26-11-10-21-17(23)12-22-19(25)16-5-3-2-4-15(16)18(24)13-6-8-14(20)9-7-13/h2-9H,10-12H2,1H3,(H,21,23)(H,22,25). The van der Waals surface area contributed by atoms with Crippen LogP contribution in [0.25, 0.3) is 0 Å². The van der Waals surface area contributed by atoms with Gasteiger partial charge in [0.05, 0.1) is 18.7 Å². The molecule has 26 heavy (non-hydrogen) atoms. The minimum atomic E-state index is -0.544. The van der Waals surface area contributed by atoms with Gasteiger partial charge < -0.3 is 15.4 Å². The van der Waals surface area contributed by atoms with Crippen LogP contribution in [0.15, 0.2) is 48.5 Å². The summed E-state index contributed by atoms with van der Waals surface area (Å²) in [6, 6.07) is 11.3. The second-order valence-corrected chi connectivity index (χ2v) is 5.41. The quantitative estimate of drug-likeness (QED) is 0.554. The lowest BCUT2D eigenvalue weighted by molar-refractivity contribution is -0.120. The number of rotatable bonds is 8. The molecular weight excluding hydrogens is 339 g/mol. The van der Waals surface area contributed by atoms with Crippen molar-refractivity contribution < 1.29 is 23.5 Å². The number of nitrogens with one attached hydrogen (secondary N) is 2. The Labute approximate surface area is 150 Å². The molecule has 0 fully saturated rings. The molecule has 6 nitrogen and oxygen atoms in total. The number of hydrogen-bond donors (Lipinski definition) is 2. The molecule has 0 heterocycles. The van der Waals surface area contributed by atoms with Crippen molar-refractivity contribution in [2.45, 2.75) is 0 Å². The molecule has 2 amide bonds. The Morgan fingerprint density at radius 3 is 2.27 bits per heavy atom. The number of amides is 2. The third-order valence-corrected chi connectivity index (χ3v) is 3.56. The lowest BCUT2D eigenvalue weighted by atomic mass is 9.98. The Morgan fingerprint density at radius 1 is 0.962 bits per heavy atom. The lowest BCUT2D eigenvalue weighted by Crippen LogP contribution is -2.38. The highest BCUT2D eigenvalue weighted by Gasteiger charge is 2.18. The van der Waals surface area contributed by atoms with Gasteiger partial charge in [0.15, 0.2) is 5.78 Å². The SMILES string of the molecule is COCCNC(=O)CNC(=O)c1ccccc1C(=O)c1ccc(F)cc1. The zero-order valence-electron chi connectivity index (χ0n) is 14.3. The van der Waals surface area contributed by atoms with Crippen molar-refractivity contribution in [3.05, 3.63) is 71.0 Å². The van der Waals surface area contributed by atoms with E-state index in [0.717, 1.165) is 0 Å². The first-order chi connectivity index (χ1) is 12.5. The van der Waals surface area contributed by atoms with Crippen molar-refractivity contribution in [3.63, 3.8) is 0 Å². The van der Waals surface area contributed by atoms with Crippen molar-refractivity contribution in [2.24, 2.45) is 0 Å². The Balaban J connectivity index is 2.08. The van der Waals surface area contributed by atoms with Gasteiger partial charge in [-0.2, -0.15) is 0 Å². The molecule has 7 heteroatoms. The molecule has 0 spiro atoms. The van der Waals surface area contributed by atoms with Gasteiger partial charge in [0.1, 0.15) is 5.82 Å². The summed E-state index contributed by atoms with van der Waals surface area (Å²) >= 11 is 0. The van der Waals surface area contributed by atoms with Crippen LogP contribution in [0.2, 0.25) is 0 Å². The number of ether oxygens (including phenoxy) is 1. The summed E-state index contributed by atoms with van der Waals surface area (Å²) < 4.78 is 17.8. The molecule has 0 radical (unpaired) electrons. The van der Waals surface area contributed by atoms with Gasteiger partial charge in [-0.3, -0.25) is 14.4 Å². The van der Waals surface area contributed by atoms with Gasteiger partial charge in [0.25, 0.3) is 5.91 Å². The van der Waals surface area contributed by atoms with Crippen LogP contribution in [0.3, 0.4) is 0 Å². The Kier molecular flexibility index (Phi) is 6.99. The van der Waals surface area contributed by atoms with Crippen LogP contribution >= 0.6 is 0 Å². The van der Waals surface area contributed by atoms with Crippen molar-refractivity contribution >= 4 is 17.6 Å². The predicted octanol–water partition coefficient (Wildman–Crippen LogP) is 1.55. The van der Waals surface area contributed by atoms with Crippen LogP contribution in [0, 0.1) is 5.82 Å². The first kappa shape index (κ1) is 19.3. The number of ketones is 1. The smallest absolute Gasteiger partial charge is 0.252 e. The molecule has 136 valence electrons. The highest BCUT2D eigenvalue weighted by molar-refractivity contribution is 6.15. The van der Waals surface area contributed by atoms with Crippen LogP contribution in [0.4, 0.5) is 4.39 Å². The largest absolute Gasteiger partial charge is 0.383 e.